The van der Waals surface area contributed by atoms with Crippen LogP contribution >= 0.6 is 11.3 Å². The Morgan fingerprint density at radius 1 is 0.714 bits per heavy atom. The standard InChI is InChI=1S/C27H18S/c1-2-8-17-16(7-1)15-23-19(17)13-14-21-18-9-3-4-10-20(18)25-22-11-5-6-12-24(22)28-27(25)26(21)23/h1-3,5-9,11-14H,4,10,15H2. The minimum atomic E-state index is 1.05. The molecule has 0 atom stereocenters. The van der Waals surface area contributed by atoms with Gasteiger partial charge < -0.3 is 0 Å². The Bertz CT molecular complexity index is 1480. The van der Waals surface area contributed by atoms with E-state index in [0.717, 1.165) is 19.3 Å². The van der Waals surface area contributed by atoms with Crippen LogP contribution in [0.3, 0.4) is 0 Å². The van der Waals surface area contributed by atoms with Crippen LogP contribution in [0.1, 0.15) is 28.7 Å². The summed E-state index contributed by atoms with van der Waals surface area (Å²) >= 11 is 1.98. The lowest BCUT2D eigenvalue weighted by molar-refractivity contribution is 1.00. The largest absolute Gasteiger partial charge is 0.135 e. The zero-order valence-electron chi connectivity index (χ0n) is 15.5. The van der Waals surface area contributed by atoms with Gasteiger partial charge in [-0.25, -0.2) is 0 Å². The molecule has 0 fully saturated rings. The van der Waals surface area contributed by atoms with Gasteiger partial charge in [0.2, 0.25) is 0 Å². The van der Waals surface area contributed by atoms with E-state index >= 15 is 0 Å². The van der Waals surface area contributed by atoms with E-state index in [0.29, 0.717) is 0 Å². The molecule has 5 aromatic rings. The van der Waals surface area contributed by atoms with Gasteiger partial charge in [0.1, 0.15) is 0 Å². The van der Waals surface area contributed by atoms with Crippen molar-refractivity contribution in [3.8, 4) is 11.1 Å². The van der Waals surface area contributed by atoms with Gasteiger partial charge in [0, 0.05) is 25.6 Å². The molecule has 2 aliphatic carbocycles. The molecule has 4 aromatic carbocycles. The molecule has 0 spiro atoms. The van der Waals surface area contributed by atoms with Crippen LogP contribution in [0.15, 0.2) is 66.7 Å². The van der Waals surface area contributed by atoms with Crippen LogP contribution in [0.4, 0.5) is 0 Å². The van der Waals surface area contributed by atoms with Crippen molar-refractivity contribution in [2.75, 3.05) is 0 Å². The van der Waals surface area contributed by atoms with Gasteiger partial charge in [-0.15, -0.1) is 11.3 Å². The number of benzene rings is 4. The molecule has 0 N–H and O–H groups in total. The van der Waals surface area contributed by atoms with Crippen LogP contribution in [-0.4, -0.2) is 0 Å². The third-order valence-electron chi connectivity index (χ3n) is 6.57. The van der Waals surface area contributed by atoms with Crippen molar-refractivity contribution in [2.45, 2.75) is 19.3 Å². The summed E-state index contributed by atoms with van der Waals surface area (Å²) in [5, 5.41) is 5.88. The summed E-state index contributed by atoms with van der Waals surface area (Å²) in [4.78, 5) is 0. The molecule has 0 unspecified atom stereocenters. The van der Waals surface area contributed by atoms with E-state index in [1.165, 1.54) is 58.8 Å². The Labute approximate surface area is 167 Å². The third-order valence-corrected chi connectivity index (χ3v) is 7.76. The summed E-state index contributed by atoms with van der Waals surface area (Å²) in [5.74, 6) is 0. The van der Waals surface area contributed by atoms with E-state index in [2.05, 4.69) is 72.8 Å². The third kappa shape index (κ3) is 1.80. The van der Waals surface area contributed by atoms with Crippen LogP contribution in [0.25, 0.3) is 48.1 Å². The van der Waals surface area contributed by atoms with Gasteiger partial charge in [-0.05, 0) is 64.1 Å². The molecular formula is C27H18S. The van der Waals surface area contributed by atoms with Gasteiger partial charge >= 0.3 is 0 Å². The number of fused-ring (bicyclic) bond motifs is 12. The van der Waals surface area contributed by atoms with E-state index in [-0.39, 0.29) is 0 Å². The SMILES string of the molecule is C1=Cc2c(c3c4ccccc4sc3c3c4c(ccc23)-c2ccccc2C4)CC1. The molecule has 0 saturated heterocycles. The van der Waals surface area contributed by atoms with Crippen LogP contribution in [0, 0.1) is 0 Å². The maximum Gasteiger partial charge on any atom is 0.0440 e. The van der Waals surface area contributed by atoms with Crippen molar-refractivity contribution in [3.63, 3.8) is 0 Å². The van der Waals surface area contributed by atoms with E-state index in [1.807, 2.05) is 11.3 Å². The highest BCUT2D eigenvalue weighted by atomic mass is 32.1. The molecule has 0 nitrogen and oxygen atoms in total. The molecule has 0 radical (unpaired) electrons. The zero-order chi connectivity index (χ0) is 18.2. The molecule has 0 aliphatic heterocycles. The minimum Gasteiger partial charge on any atom is -0.135 e. The maximum atomic E-state index is 2.38. The second-order valence-corrected chi connectivity index (χ2v) is 9.04. The summed E-state index contributed by atoms with van der Waals surface area (Å²) in [6.07, 6.45) is 8.07. The predicted octanol–water partition coefficient (Wildman–Crippen LogP) is 7.74. The van der Waals surface area contributed by atoms with Crippen LogP contribution in [0.5, 0.6) is 0 Å². The van der Waals surface area contributed by atoms with Gasteiger partial charge in [0.15, 0.2) is 0 Å². The van der Waals surface area contributed by atoms with Gasteiger partial charge in [-0.2, -0.15) is 0 Å². The average molecular weight is 375 g/mol. The van der Waals surface area contributed by atoms with Crippen molar-refractivity contribution in [1.82, 2.24) is 0 Å². The topological polar surface area (TPSA) is 0 Å². The number of hydrogen-bond donors (Lipinski definition) is 0. The quantitative estimate of drug-likeness (QED) is 0.255. The smallest absolute Gasteiger partial charge is 0.0440 e. The number of rotatable bonds is 0. The summed E-state index contributed by atoms with van der Waals surface area (Å²) in [6.45, 7) is 0. The van der Waals surface area contributed by atoms with E-state index in [1.54, 1.807) is 5.56 Å². The van der Waals surface area contributed by atoms with Gasteiger partial charge in [0.05, 0.1) is 0 Å². The molecule has 2 aliphatic rings. The lowest BCUT2D eigenvalue weighted by atomic mass is 9.86. The highest BCUT2D eigenvalue weighted by molar-refractivity contribution is 7.26. The van der Waals surface area contributed by atoms with Gasteiger partial charge in [0.25, 0.3) is 0 Å². The molecule has 132 valence electrons. The Kier molecular flexibility index (Phi) is 2.87. The normalized spacial score (nSPS) is 14.6. The number of thiophene rings is 1. The summed E-state index contributed by atoms with van der Waals surface area (Å²) < 4.78 is 2.91. The van der Waals surface area contributed by atoms with E-state index in [4.69, 9.17) is 0 Å². The Morgan fingerprint density at radius 3 is 2.57 bits per heavy atom. The fourth-order valence-electron chi connectivity index (χ4n) is 5.39. The highest BCUT2D eigenvalue weighted by Gasteiger charge is 2.25. The fourth-order valence-corrected chi connectivity index (χ4v) is 6.71. The Balaban J connectivity index is 1.74. The van der Waals surface area contributed by atoms with Gasteiger partial charge in [-0.1, -0.05) is 66.7 Å². The van der Waals surface area contributed by atoms with Crippen molar-refractivity contribution >= 4 is 48.4 Å². The summed E-state index contributed by atoms with van der Waals surface area (Å²) in [6, 6.07) is 22.6. The monoisotopic (exact) mass is 374 g/mol. The fraction of sp³-hybridized carbons (Fsp3) is 0.111. The first-order valence-corrected chi connectivity index (χ1v) is 10.9. The number of aryl methyl sites for hydroxylation is 1. The highest BCUT2D eigenvalue weighted by Crippen LogP contribution is 2.49. The number of hydrogen-bond acceptors (Lipinski definition) is 1. The molecule has 1 heterocycles. The molecule has 1 heteroatoms. The van der Waals surface area contributed by atoms with Crippen molar-refractivity contribution in [3.05, 3.63) is 89.0 Å². The molecule has 0 saturated carbocycles. The second kappa shape index (κ2) is 5.33. The van der Waals surface area contributed by atoms with E-state index in [9.17, 15) is 0 Å². The Hall–Kier alpha value is -2.90. The Morgan fingerprint density at radius 2 is 1.57 bits per heavy atom. The molecular weight excluding hydrogens is 356 g/mol. The van der Waals surface area contributed by atoms with Crippen molar-refractivity contribution in [1.29, 1.82) is 0 Å². The first kappa shape index (κ1) is 15.1. The first-order valence-electron chi connectivity index (χ1n) is 10.1. The molecule has 7 rings (SSSR count). The second-order valence-electron chi connectivity index (χ2n) is 7.98. The molecule has 0 amide bonds. The number of allylic oxidation sites excluding steroid dienone is 1. The van der Waals surface area contributed by atoms with Crippen LogP contribution in [-0.2, 0) is 12.8 Å². The lowest BCUT2D eigenvalue weighted by Crippen LogP contribution is -1.98. The zero-order valence-corrected chi connectivity index (χ0v) is 16.3. The minimum absolute atomic E-state index is 1.05. The van der Waals surface area contributed by atoms with Gasteiger partial charge in [-0.3, -0.25) is 0 Å². The van der Waals surface area contributed by atoms with Crippen molar-refractivity contribution < 1.29 is 0 Å². The molecule has 1 aromatic heterocycles. The summed E-state index contributed by atoms with van der Waals surface area (Å²) in [5.41, 5.74) is 8.85. The molecule has 28 heavy (non-hydrogen) atoms. The van der Waals surface area contributed by atoms with E-state index < -0.39 is 0 Å². The predicted molar refractivity (Wildman–Crippen MR) is 122 cm³/mol. The van der Waals surface area contributed by atoms with Crippen LogP contribution in [0.2, 0.25) is 0 Å². The average Bonchev–Trinajstić information content (AvgIpc) is 3.32. The van der Waals surface area contributed by atoms with Crippen molar-refractivity contribution in [2.24, 2.45) is 0 Å². The first-order chi connectivity index (χ1) is 13.9. The molecule has 0 bridgehead atoms. The maximum absolute atomic E-state index is 2.38. The lowest BCUT2D eigenvalue weighted by Gasteiger charge is -2.18. The van der Waals surface area contributed by atoms with Crippen LogP contribution < -0.4 is 0 Å². The summed E-state index contributed by atoms with van der Waals surface area (Å²) in [7, 11) is 0.